The van der Waals surface area contributed by atoms with E-state index >= 15 is 0 Å². The monoisotopic (exact) mass is 469 g/mol. The van der Waals surface area contributed by atoms with E-state index in [0.717, 1.165) is 18.4 Å². The summed E-state index contributed by atoms with van der Waals surface area (Å²) in [6, 6.07) is 9.41. The van der Waals surface area contributed by atoms with Gasteiger partial charge in [-0.25, -0.2) is 0 Å². The average molecular weight is 470 g/mol. The Hall–Kier alpha value is -2.37. The summed E-state index contributed by atoms with van der Waals surface area (Å²) in [7, 11) is 0. The molecule has 1 aromatic rings. The fourth-order valence-corrected chi connectivity index (χ4v) is 5.33. The second-order valence-corrected chi connectivity index (χ2v) is 10.3. The zero-order valence-electron chi connectivity index (χ0n) is 21.3. The number of aryl methyl sites for hydroxylation is 1. The summed E-state index contributed by atoms with van der Waals surface area (Å²) >= 11 is 0. The number of amides is 3. The molecule has 1 aliphatic carbocycles. The molecule has 3 unspecified atom stereocenters. The van der Waals surface area contributed by atoms with E-state index in [0.29, 0.717) is 44.8 Å². The van der Waals surface area contributed by atoms with Crippen LogP contribution in [0.15, 0.2) is 30.3 Å². The SMILES string of the molecule is CCC(C)C(NC(=O)CCc1ccccc1)C(=O)N1CCN(C(=O)CCC2CCCC2)C(C)C1. The number of carbonyl (C=O) groups is 3. The van der Waals surface area contributed by atoms with Crippen LogP contribution in [0.2, 0.25) is 0 Å². The molecule has 1 N–H and O–H groups in total. The maximum Gasteiger partial charge on any atom is 0.245 e. The zero-order chi connectivity index (χ0) is 24.5. The van der Waals surface area contributed by atoms with Crippen molar-refractivity contribution in [2.24, 2.45) is 11.8 Å². The van der Waals surface area contributed by atoms with Crippen molar-refractivity contribution in [1.82, 2.24) is 15.1 Å². The lowest BCUT2D eigenvalue weighted by atomic mass is 9.96. The van der Waals surface area contributed by atoms with Crippen LogP contribution >= 0.6 is 0 Å². The third kappa shape index (κ3) is 7.31. The highest BCUT2D eigenvalue weighted by atomic mass is 16.2. The number of benzene rings is 1. The zero-order valence-corrected chi connectivity index (χ0v) is 21.3. The second-order valence-electron chi connectivity index (χ2n) is 10.3. The van der Waals surface area contributed by atoms with Gasteiger partial charge in [0.15, 0.2) is 0 Å². The van der Waals surface area contributed by atoms with Gasteiger partial charge in [0.1, 0.15) is 6.04 Å². The van der Waals surface area contributed by atoms with Gasteiger partial charge in [0.2, 0.25) is 17.7 Å². The molecule has 188 valence electrons. The van der Waals surface area contributed by atoms with Crippen LogP contribution in [0.4, 0.5) is 0 Å². The summed E-state index contributed by atoms with van der Waals surface area (Å²) in [5.74, 6) is 0.876. The fourth-order valence-electron chi connectivity index (χ4n) is 5.33. The van der Waals surface area contributed by atoms with Gasteiger partial charge >= 0.3 is 0 Å². The molecular weight excluding hydrogens is 426 g/mol. The van der Waals surface area contributed by atoms with E-state index < -0.39 is 6.04 Å². The fraction of sp³-hybridized carbons (Fsp3) is 0.679. The van der Waals surface area contributed by atoms with Gasteiger partial charge in [-0.15, -0.1) is 0 Å². The number of nitrogens with one attached hydrogen (secondary N) is 1. The van der Waals surface area contributed by atoms with Gasteiger partial charge in [0.05, 0.1) is 0 Å². The summed E-state index contributed by atoms with van der Waals surface area (Å²) in [5.41, 5.74) is 1.12. The van der Waals surface area contributed by atoms with E-state index in [4.69, 9.17) is 0 Å². The third-order valence-corrected chi connectivity index (χ3v) is 7.78. The summed E-state index contributed by atoms with van der Waals surface area (Å²) < 4.78 is 0. The molecule has 0 aromatic heterocycles. The summed E-state index contributed by atoms with van der Waals surface area (Å²) in [6.45, 7) is 7.73. The van der Waals surface area contributed by atoms with Crippen molar-refractivity contribution in [2.75, 3.05) is 19.6 Å². The summed E-state index contributed by atoms with van der Waals surface area (Å²) in [5, 5.41) is 3.02. The maximum absolute atomic E-state index is 13.4. The smallest absolute Gasteiger partial charge is 0.245 e. The lowest BCUT2D eigenvalue weighted by molar-refractivity contribution is -0.145. The van der Waals surface area contributed by atoms with Crippen LogP contribution in [0.25, 0.3) is 0 Å². The first-order valence-electron chi connectivity index (χ1n) is 13.3. The minimum absolute atomic E-state index is 0.000132. The molecule has 1 saturated carbocycles. The molecule has 2 aliphatic rings. The topological polar surface area (TPSA) is 69.7 Å². The molecule has 2 fully saturated rings. The Labute approximate surface area is 205 Å². The van der Waals surface area contributed by atoms with Crippen molar-refractivity contribution in [3.63, 3.8) is 0 Å². The number of carbonyl (C=O) groups excluding carboxylic acids is 3. The molecule has 34 heavy (non-hydrogen) atoms. The summed E-state index contributed by atoms with van der Waals surface area (Å²) in [6.07, 6.45) is 8.58. The second kappa shape index (κ2) is 12.9. The highest BCUT2D eigenvalue weighted by Crippen LogP contribution is 2.29. The molecule has 3 amide bonds. The van der Waals surface area contributed by atoms with E-state index in [9.17, 15) is 14.4 Å². The number of piperazine rings is 1. The van der Waals surface area contributed by atoms with Crippen LogP contribution < -0.4 is 5.32 Å². The molecule has 1 heterocycles. The van der Waals surface area contributed by atoms with Crippen LogP contribution in [-0.2, 0) is 20.8 Å². The quantitative estimate of drug-likeness (QED) is 0.559. The first kappa shape index (κ1) is 26.2. The van der Waals surface area contributed by atoms with Gasteiger partial charge in [-0.3, -0.25) is 14.4 Å². The predicted octanol–water partition coefficient (Wildman–Crippen LogP) is 4.18. The first-order valence-corrected chi connectivity index (χ1v) is 13.3. The predicted molar refractivity (Wildman–Crippen MR) is 135 cm³/mol. The third-order valence-electron chi connectivity index (χ3n) is 7.78. The molecule has 3 rings (SSSR count). The molecule has 1 aromatic carbocycles. The Bertz CT molecular complexity index is 806. The van der Waals surface area contributed by atoms with Gasteiger partial charge < -0.3 is 15.1 Å². The summed E-state index contributed by atoms with van der Waals surface area (Å²) in [4.78, 5) is 42.8. The molecule has 0 radical (unpaired) electrons. The molecule has 1 aliphatic heterocycles. The first-order chi connectivity index (χ1) is 16.4. The highest BCUT2D eigenvalue weighted by Gasteiger charge is 2.35. The minimum Gasteiger partial charge on any atom is -0.344 e. The lowest BCUT2D eigenvalue weighted by Crippen LogP contribution is -2.60. The maximum atomic E-state index is 13.4. The van der Waals surface area contributed by atoms with E-state index in [-0.39, 0.29) is 29.7 Å². The molecular formula is C28H43N3O3. The van der Waals surface area contributed by atoms with Crippen LogP contribution in [0, 0.1) is 11.8 Å². The minimum atomic E-state index is -0.523. The normalized spacial score (nSPS) is 20.7. The molecule has 0 bridgehead atoms. The Balaban J connectivity index is 1.51. The van der Waals surface area contributed by atoms with E-state index in [1.165, 1.54) is 25.7 Å². The van der Waals surface area contributed by atoms with Crippen LogP contribution in [0.3, 0.4) is 0 Å². The highest BCUT2D eigenvalue weighted by molar-refractivity contribution is 5.88. The van der Waals surface area contributed by atoms with Gasteiger partial charge in [-0.1, -0.05) is 76.3 Å². The van der Waals surface area contributed by atoms with E-state index in [1.807, 2.05) is 60.9 Å². The Morgan fingerprint density at radius 3 is 2.41 bits per heavy atom. The molecule has 1 saturated heterocycles. The molecule has 0 spiro atoms. The molecule has 6 heteroatoms. The number of rotatable bonds is 10. The van der Waals surface area contributed by atoms with E-state index in [2.05, 4.69) is 5.32 Å². The molecule has 6 nitrogen and oxygen atoms in total. The number of hydrogen-bond donors (Lipinski definition) is 1. The van der Waals surface area contributed by atoms with Crippen molar-refractivity contribution >= 4 is 17.7 Å². The molecule has 3 atom stereocenters. The van der Waals surface area contributed by atoms with Crippen LogP contribution in [0.1, 0.15) is 77.7 Å². The van der Waals surface area contributed by atoms with Crippen molar-refractivity contribution in [3.05, 3.63) is 35.9 Å². The Kier molecular flexibility index (Phi) is 9.97. The number of nitrogens with zero attached hydrogens (tertiary/aromatic N) is 2. The largest absolute Gasteiger partial charge is 0.344 e. The van der Waals surface area contributed by atoms with Gasteiger partial charge in [0, 0.05) is 38.5 Å². The number of hydrogen-bond acceptors (Lipinski definition) is 3. The van der Waals surface area contributed by atoms with Gasteiger partial charge in [-0.2, -0.15) is 0 Å². The van der Waals surface area contributed by atoms with Crippen molar-refractivity contribution < 1.29 is 14.4 Å². The van der Waals surface area contributed by atoms with Crippen LogP contribution in [0.5, 0.6) is 0 Å². The van der Waals surface area contributed by atoms with Gasteiger partial charge in [-0.05, 0) is 37.2 Å². The standard InChI is InChI=1S/C28H43N3O3/c1-4-21(2)27(29-25(32)16-14-23-10-6-5-7-11-23)28(34)30-18-19-31(22(3)20-30)26(33)17-15-24-12-8-9-13-24/h5-7,10-11,21-22,24,27H,4,8-9,12-20H2,1-3H3,(H,29,32). The van der Waals surface area contributed by atoms with Crippen molar-refractivity contribution in [3.8, 4) is 0 Å². The van der Waals surface area contributed by atoms with Crippen LogP contribution in [-0.4, -0.2) is 59.2 Å². The van der Waals surface area contributed by atoms with Crippen molar-refractivity contribution in [2.45, 2.75) is 90.6 Å². The van der Waals surface area contributed by atoms with E-state index in [1.54, 1.807) is 0 Å². The van der Waals surface area contributed by atoms with Crippen molar-refractivity contribution in [1.29, 1.82) is 0 Å². The average Bonchev–Trinajstić information content (AvgIpc) is 3.38. The Morgan fingerprint density at radius 2 is 1.76 bits per heavy atom. The lowest BCUT2D eigenvalue weighted by Gasteiger charge is -2.41. The van der Waals surface area contributed by atoms with Gasteiger partial charge in [0.25, 0.3) is 0 Å². The Morgan fingerprint density at radius 1 is 1.06 bits per heavy atom.